The molecule has 0 fully saturated rings. The molecular weight excluding hydrogens is 873 g/mol. The monoisotopic (exact) mass is 918 g/mol. The Labute approximate surface area is 403 Å². The molecule has 4 heterocycles. The fourth-order valence-electron chi connectivity index (χ4n) is 11.5. The first kappa shape index (κ1) is 40.2. The molecule has 13 rings (SSSR count). The van der Waals surface area contributed by atoms with Gasteiger partial charge in [-0.1, -0.05) is 144 Å². The van der Waals surface area contributed by atoms with Crippen molar-refractivity contribution in [3.05, 3.63) is 246 Å². The van der Waals surface area contributed by atoms with Crippen molar-refractivity contribution in [2.24, 2.45) is 0 Å². The van der Waals surface area contributed by atoms with Crippen molar-refractivity contribution in [3.8, 4) is 41.8 Å². The molecule has 0 N–H and O–H groups in total. The van der Waals surface area contributed by atoms with Crippen LogP contribution in [0.25, 0.3) is 61.9 Å². The van der Waals surface area contributed by atoms with Gasteiger partial charge in [0.15, 0.2) is 0 Å². The van der Waals surface area contributed by atoms with E-state index in [1.807, 2.05) is 45.3 Å². The van der Waals surface area contributed by atoms with Gasteiger partial charge in [0.25, 0.3) is 0 Å². The predicted octanol–water partition coefficient (Wildman–Crippen LogP) is 18.1. The highest BCUT2D eigenvalue weighted by molar-refractivity contribution is 7.27. The van der Waals surface area contributed by atoms with Crippen molar-refractivity contribution in [3.63, 3.8) is 0 Å². The molecule has 0 saturated carbocycles. The molecule has 4 heteroatoms. The zero-order valence-corrected chi connectivity index (χ0v) is 41.1. The van der Waals surface area contributed by atoms with Crippen molar-refractivity contribution in [2.75, 3.05) is 0 Å². The van der Waals surface area contributed by atoms with Crippen LogP contribution in [0, 0.1) is 41.5 Å². The van der Waals surface area contributed by atoms with Gasteiger partial charge in [-0.2, -0.15) is 0 Å². The molecule has 0 radical (unpaired) electrons. The Hall–Kier alpha value is -6.14. The minimum Gasteiger partial charge on any atom is -0.140 e. The lowest BCUT2D eigenvalue weighted by molar-refractivity contribution is 0.765. The van der Waals surface area contributed by atoms with Crippen LogP contribution in [0.4, 0.5) is 0 Å². The second kappa shape index (κ2) is 14.7. The van der Waals surface area contributed by atoms with Crippen molar-refractivity contribution >= 4 is 65.5 Å². The van der Waals surface area contributed by atoms with E-state index in [-0.39, 0.29) is 0 Å². The highest BCUT2D eigenvalue weighted by Crippen LogP contribution is 2.65. The maximum Gasteiger partial charge on any atom is 0.0727 e. The lowest BCUT2D eigenvalue weighted by atomic mass is 9.65. The van der Waals surface area contributed by atoms with E-state index < -0.39 is 10.8 Å². The smallest absolute Gasteiger partial charge is 0.0727 e. The van der Waals surface area contributed by atoms with E-state index in [1.165, 1.54) is 138 Å². The quantitative estimate of drug-likeness (QED) is 0.156. The minimum atomic E-state index is -0.579. The zero-order chi connectivity index (χ0) is 44.6. The van der Waals surface area contributed by atoms with E-state index >= 15 is 0 Å². The van der Waals surface area contributed by atoms with Crippen LogP contribution in [0.15, 0.2) is 170 Å². The topological polar surface area (TPSA) is 0 Å². The van der Waals surface area contributed by atoms with Crippen LogP contribution in [0.3, 0.4) is 0 Å². The fourth-order valence-corrected chi connectivity index (χ4v) is 15.9. The van der Waals surface area contributed by atoms with E-state index in [1.54, 1.807) is 0 Å². The van der Waals surface area contributed by atoms with Crippen LogP contribution in [-0.4, -0.2) is 0 Å². The normalized spacial score (nSPS) is 14.2. The van der Waals surface area contributed by atoms with Crippen molar-refractivity contribution in [2.45, 2.75) is 52.4 Å². The van der Waals surface area contributed by atoms with Crippen LogP contribution >= 0.6 is 45.3 Å². The molecule has 0 nitrogen and oxygen atoms in total. The molecule has 2 aliphatic carbocycles. The molecule has 0 saturated heterocycles. The van der Waals surface area contributed by atoms with Gasteiger partial charge in [-0.25, -0.2) is 0 Å². The van der Waals surface area contributed by atoms with Gasteiger partial charge in [-0.15, -0.1) is 45.3 Å². The van der Waals surface area contributed by atoms with Crippen molar-refractivity contribution < 1.29 is 0 Å². The Morgan fingerprint density at radius 2 is 0.621 bits per heavy atom. The summed E-state index contributed by atoms with van der Waals surface area (Å²) in [5.74, 6) is 0. The Morgan fingerprint density at radius 3 is 0.924 bits per heavy atom. The van der Waals surface area contributed by atoms with E-state index in [0.29, 0.717) is 0 Å². The van der Waals surface area contributed by atoms with E-state index in [2.05, 4.69) is 211 Å². The third-order valence-electron chi connectivity index (χ3n) is 14.6. The average Bonchev–Trinajstić information content (AvgIpc) is 4.19. The lowest BCUT2D eigenvalue weighted by Gasteiger charge is -2.36. The molecule has 0 atom stereocenters. The second-order valence-electron chi connectivity index (χ2n) is 18.8. The van der Waals surface area contributed by atoms with E-state index in [4.69, 9.17) is 0 Å². The summed E-state index contributed by atoms with van der Waals surface area (Å²) in [7, 11) is 0. The standard InChI is InChI=1S/C62H46S4/c1-35-7-19-43(20-8-35)61(44-21-9-36(2)10-22-44)51-33-50-48-28-18-42-32-56(54-30-16-40(6)64-54)66-60(42)58(48)62(45-23-11-37(3)12-24-45,46-25-13-38(4)14-26-46)52(50)34-49(51)47-27-17-41-31-55(65-59(41)57(47)61)53-29-15-39(5)63-53/h7-34H,1-6H3. The number of aryl methyl sites for hydroxylation is 6. The van der Waals surface area contributed by atoms with Gasteiger partial charge in [0.2, 0.25) is 0 Å². The van der Waals surface area contributed by atoms with Crippen molar-refractivity contribution in [1.82, 2.24) is 0 Å². The summed E-state index contributed by atoms with van der Waals surface area (Å²) in [6.07, 6.45) is 0. The first-order valence-corrected chi connectivity index (χ1v) is 26.1. The molecule has 66 heavy (non-hydrogen) atoms. The molecule has 0 spiro atoms. The predicted molar refractivity (Wildman–Crippen MR) is 287 cm³/mol. The molecule has 7 aromatic carbocycles. The molecule has 0 amide bonds. The number of hydrogen-bond acceptors (Lipinski definition) is 4. The minimum absolute atomic E-state index is 0.579. The van der Waals surface area contributed by atoms with Gasteiger partial charge in [-0.05, 0) is 168 Å². The highest BCUT2D eigenvalue weighted by Gasteiger charge is 2.53. The summed E-state index contributed by atoms with van der Waals surface area (Å²) in [5, 5.41) is 2.61. The van der Waals surface area contributed by atoms with Gasteiger partial charge in [-0.3, -0.25) is 0 Å². The fraction of sp³-hybridized carbons (Fsp3) is 0.129. The van der Waals surface area contributed by atoms with Crippen LogP contribution in [0.1, 0.15) is 76.5 Å². The second-order valence-corrected chi connectivity index (χ2v) is 23.4. The molecule has 318 valence electrons. The number of fused-ring (bicyclic) bond motifs is 10. The number of benzene rings is 7. The van der Waals surface area contributed by atoms with Gasteiger partial charge in [0.1, 0.15) is 0 Å². The Bertz CT molecular complexity index is 3390. The molecule has 11 aromatic rings. The van der Waals surface area contributed by atoms with Gasteiger partial charge >= 0.3 is 0 Å². The van der Waals surface area contributed by atoms with E-state index in [9.17, 15) is 0 Å². The number of hydrogen-bond donors (Lipinski definition) is 0. The van der Waals surface area contributed by atoms with Crippen LogP contribution in [-0.2, 0) is 10.8 Å². The SMILES string of the molecule is Cc1ccc(C2(c3ccc(C)cc3)c3cc4c(cc3-c3ccc5cc(-c6ccc(C)s6)sc5c32)C(c2ccc(C)cc2)(c2ccc(C)cc2)c2c-4ccc3cc(-c4ccc(C)s4)sc23)cc1. The molecule has 2 aliphatic rings. The number of thiophene rings is 4. The summed E-state index contributed by atoms with van der Waals surface area (Å²) in [4.78, 5) is 8.02. The third kappa shape index (κ3) is 5.66. The first-order chi connectivity index (χ1) is 32.1. The molecule has 0 bridgehead atoms. The summed E-state index contributed by atoms with van der Waals surface area (Å²) in [6, 6.07) is 66.9. The molecular formula is C62H46S4. The largest absolute Gasteiger partial charge is 0.140 e. The summed E-state index contributed by atoms with van der Waals surface area (Å²) in [6.45, 7) is 13.3. The average molecular weight is 919 g/mol. The lowest BCUT2D eigenvalue weighted by Crippen LogP contribution is -2.30. The maximum absolute atomic E-state index is 2.65. The summed E-state index contributed by atoms with van der Waals surface area (Å²) >= 11 is 7.72. The van der Waals surface area contributed by atoms with Crippen LogP contribution in [0.2, 0.25) is 0 Å². The Kier molecular flexibility index (Phi) is 8.93. The molecule has 0 aliphatic heterocycles. The zero-order valence-electron chi connectivity index (χ0n) is 37.8. The number of rotatable bonds is 6. The molecule has 0 unspecified atom stereocenters. The maximum atomic E-state index is 2.65. The molecule has 4 aromatic heterocycles. The van der Waals surface area contributed by atoms with Gasteiger partial charge < -0.3 is 0 Å². The Morgan fingerprint density at radius 1 is 0.288 bits per heavy atom. The first-order valence-electron chi connectivity index (χ1n) is 22.9. The van der Waals surface area contributed by atoms with E-state index in [0.717, 1.165) is 0 Å². The summed E-state index contributed by atoms with van der Waals surface area (Å²) < 4.78 is 2.73. The summed E-state index contributed by atoms with van der Waals surface area (Å²) in [5.41, 5.74) is 19.9. The highest BCUT2D eigenvalue weighted by atomic mass is 32.1. The van der Waals surface area contributed by atoms with Crippen LogP contribution < -0.4 is 0 Å². The van der Waals surface area contributed by atoms with Gasteiger partial charge in [0, 0.05) is 38.7 Å². The van der Waals surface area contributed by atoms with Gasteiger partial charge in [0.05, 0.1) is 10.8 Å². The van der Waals surface area contributed by atoms with Crippen molar-refractivity contribution in [1.29, 1.82) is 0 Å². The third-order valence-corrected chi connectivity index (χ3v) is 19.3. The Balaban J connectivity index is 1.20. The van der Waals surface area contributed by atoms with Crippen LogP contribution in [0.5, 0.6) is 0 Å².